The molecule has 0 aliphatic heterocycles. The van der Waals surface area contributed by atoms with Crippen LogP contribution in [0.5, 0.6) is 0 Å². The van der Waals surface area contributed by atoms with Crippen LogP contribution in [0, 0.1) is 0 Å². The van der Waals surface area contributed by atoms with Crippen LogP contribution in [-0.4, -0.2) is 33.1 Å². The van der Waals surface area contributed by atoms with Crippen molar-refractivity contribution in [3.63, 3.8) is 0 Å². The Bertz CT molecular complexity index is 533. The van der Waals surface area contributed by atoms with Crippen molar-refractivity contribution in [3.8, 4) is 0 Å². The Morgan fingerprint density at radius 1 is 0.862 bits per heavy atom. The fourth-order valence-corrected chi connectivity index (χ4v) is 31.6. The first-order valence-electron chi connectivity index (χ1n) is 12.3. The van der Waals surface area contributed by atoms with Crippen molar-refractivity contribution in [2.75, 3.05) is 6.61 Å². The molecule has 0 N–H and O–H groups in total. The zero-order chi connectivity index (χ0) is 21.6. The van der Waals surface area contributed by atoms with Gasteiger partial charge >= 0.3 is 188 Å². The number of benzene rings is 1. The van der Waals surface area contributed by atoms with E-state index in [4.69, 9.17) is 4.74 Å². The van der Waals surface area contributed by atoms with Crippen LogP contribution in [0.25, 0.3) is 0 Å². The van der Waals surface area contributed by atoms with Crippen LogP contribution in [-0.2, 0) is 4.74 Å². The van der Waals surface area contributed by atoms with Gasteiger partial charge in [-0.1, -0.05) is 0 Å². The fourth-order valence-electron chi connectivity index (χ4n) is 4.81. The molecule has 1 aromatic rings. The zero-order valence-electron chi connectivity index (χ0n) is 20.3. The third kappa shape index (κ3) is 9.20. The Balaban J connectivity index is 3.29. The van der Waals surface area contributed by atoms with Crippen molar-refractivity contribution < 1.29 is 4.74 Å². The van der Waals surface area contributed by atoms with Gasteiger partial charge in [-0.25, -0.2) is 0 Å². The molecule has 1 unspecified atom stereocenters. The minimum atomic E-state index is -2.35. The summed E-state index contributed by atoms with van der Waals surface area (Å²) in [6, 6.07) is 12.8. The molecule has 0 aliphatic carbocycles. The number of allylic oxidation sites excluding steroid dienone is 1. The van der Waals surface area contributed by atoms with Crippen molar-refractivity contribution in [1.29, 1.82) is 0 Å². The summed E-state index contributed by atoms with van der Waals surface area (Å²) in [5, 5.41) is 1.62. The van der Waals surface area contributed by atoms with E-state index in [-0.39, 0.29) is 0 Å². The van der Waals surface area contributed by atoms with Gasteiger partial charge < -0.3 is 0 Å². The van der Waals surface area contributed by atoms with Crippen molar-refractivity contribution in [2.24, 2.45) is 0 Å². The molecule has 3 heteroatoms. The molecule has 1 rings (SSSR count). The molecule has 0 radical (unpaired) electrons. The molecule has 1 atom stereocenters. The van der Waals surface area contributed by atoms with Gasteiger partial charge in [-0.05, 0) is 0 Å². The minimum absolute atomic E-state index is 0.782. The number of hydrogen-bond donors (Lipinski definition) is 0. The molecule has 1 nitrogen and oxygen atoms in total. The second-order valence-corrected chi connectivity index (χ2v) is 28.4. The number of unbranched alkanes of at least 4 members (excludes halogenated alkanes) is 3. The van der Waals surface area contributed by atoms with Crippen LogP contribution < -0.4 is 5.19 Å². The van der Waals surface area contributed by atoms with E-state index in [0.29, 0.717) is 0 Å². The average Bonchev–Trinajstić information content (AvgIpc) is 2.73. The van der Waals surface area contributed by atoms with Gasteiger partial charge in [0.25, 0.3) is 0 Å². The molecule has 0 saturated heterocycles. The molecule has 0 bridgehead atoms. The fraction of sp³-hybridized carbons (Fsp3) is 0.692. The average molecular weight is 523 g/mol. The summed E-state index contributed by atoms with van der Waals surface area (Å²) in [4.78, 5) is 0. The van der Waals surface area contributed by atoms with Crippen LogP contribution in [0.2, 0.25) is 36.4 Å². The van der Waals surface area contributed by atoms with Crippen LogP contribution in [0.15, 0.2) is 42.7 Å². The van der Waals surface area contributed by atoms with Gasteiger partial charge in [0.15, 0.2) is 0 Å². The summed E-state index contributed by atoms with van der Waals surface area (Å²) in [5.41, 5.74) is 0. The van der Waals surface area contributed by atoms with E-state index in [1.54, 1.807) is 18.5 Å². The van der Waals surface area contributed by atoms with Crippen LogP contribution >= 0.6 is 0 Å². The van der Waals surface area contributed by atoms with E-state index in [1.165, 1.54) is 44.6 Å². The maximum absolute atomic E-state index is 5.76. The molecule has 0 aromatic heterocycles. The number of hydrogen-bond acceptors (Lipinski definition) is 1. The van der Waals surface area contributed by atoms with Crippen molar-refractivity contribution in [2.45, 2.75) is 103 Å². The normalized spacial score (nSPS) is 13.7. The summed E-state index contributed by atoms with van der Waals surface area (Å²) in [7, 11) is -1.48. The zero-order valence-corrected chi connectivity index (χ0v) is 24.2. The van der Waals surface area contributed by atoms with Crippen molar-refractivity contribution in [1.82, 2.24) is 0 Å². The molecule has 0 fully saturated rings. The summed E-state index contributed by atoms with van der Waals surface area (Å²) < 4.78 is 11.3. The Hall–Kier alpha value is -0.224. The number of rotatable bonds is 16. The molecule has 0 aliphatic rings. The standard InChI is InChI=1S/C14H21OSi.3C4H9.Sn/c1-4-15-12-8-9-13-16(2,3)14-10-6-5-7-11-14;3*1-3-4-2;/h5-12H,4,13H2,1-3H3;3*1,3-4H2,2H3;/b12-8-;;;;. The van der Waals surface area contributed by atoms with E-state index in [9.17, 15) is 0 Å². The molecule has 0 saturated carbocycles. The van der Waals surface area contributed by atoms with Crippen LogP contribution in [0.3, 0.4) is 0 Å². The molecule has 0 heterocycles. The Labute approximate surface area is 187 Å². The molecule has 166 valence electrons. The van der Waals surface area contributed by atoms with E-state index in [2.05, 4.69) is 83.5 Å². The third-order valence-corrected chi connectivity index (χ3v) is 28.4. The van der Waals surface area contributed by atoms with Gasteiger partial charge in [0.2, 0.25) is 0 Å². The SMILES string of the molecule is CCC[CH2][Sn]([CH2]CCC)([CH2]CCC)[CH](/C=C\OCC)C[Si](C)(C)c1ccccc1. The van der Waals surface area contributed by atoms with Gasteiger partial charge in [0.1, 0.15) is 0 Å². The summed E-state index contributed by atoms with van der Waals surface area (Å²) in [5.74, 6) is 0. The van der Waals surface area contributed by atoms with E-state index >= 15 is 0 Å². The van der Waals surface area contributed by atoms with Crippen LogP contribution in [0.1, 0.15) is 66.2 Å². The topological polar surface area (TPSA) is 9.23 Å². The second kappa shape index (κ2) is 14.7. The van der Waals surface area contributed by atoms with E-state index < -0.39 is 26.5 Å². The summed E-state index contributed by atoms with van der Waals surface area (Å²) >= 11 is -2.35. The van der Waals surface area contributed by atoms with Gasteiger partial charge in [-0.3, -0.25) is 0 Å². The first kappa shape index (κ1) is 26.8. The van der Waals surface area contributed by atoms with Crippen molar-refractivity contribution >= 4 is 31.6 Å². The van der Waals surface area contributed by atoms with Crippen molar-refractivity contribution in [3.05, 3.63) is 42.7 Å². The maximum atomic E-state index is 5.76. The molecule has 0 spiro atoms. The number of ether oxygens (including phenoxy) is 1. The summed E-state index contributed by atoms with van der Waals surface area (Å²) in [6.45, 7) is 15.2. The predicted octanol–water partition coefficient (Wildman–Crippen LogP) is 8.37. The third-order valence-electron chi connectivity index (χ3n) is 6.73. The molecule has 1 aromatic carbocycles. The Morgan fingerprint density at radius 3 is 1.83 bits per heavy atom. The van der Waals surface area contributed by atoms with Gasteiger partial charge in [-0.2, -0.15) is 0 Å². The molecular weight excluding hydrogens is 475 g/mol. The predicted molar refractivity (Wildman–Crippen MR) is 138 cm³/mol. The monoisotopic (exact) mass is 524 g/mol. The van der Waals surface area contributed by atoms with E-state index in [0.717, 1.165) is 10.5 Å². The van der Waals surface area contributed by atoms with Gasteiger partial charge in [0, 0.05) is 0 Å². The first-order valence-corrected chi connectivity index (χ1v) is 23.2. The van der Waals surface area contributed by atoms with Gasteiger partial charge in [0.05, 0.1) is 0 Å². The first-order chi connectivity index (χ1) is 14.0. The van der Waals surface area contributed by atoms with E-state index in [1.807, 2.05) is 0 Å². The molecule has 29 heavy (non-hydrogen) atoms. The molecule has 0 amide bonds. The van der Waals surface area contributed by atoms with Gasteiger partial charge in [-0.15, -0.1) is 0 Å². The Morgan fingerprint density at radius 2 is 1.38 bits per heavy atom. The Kier molecular flexibility index (Phi) is 13.6. The molecular formula is C26H48OSiSn. The second-order valence-electron chi connectivity index (χ2n) is 9.52. The summed E-state index contributed by atoms with van der Waals surface area (Å²) in [6.07, 6.45) is 13.0. The van der Waals surface area contributed by atoms with Crippen LogP contribution in [0.4, 0.5) is 0 Å². The quantitative estimate of drug-likeness (QED) is 0.156.